The lowest BCUT2D eigenvalue weighted by Crippen LogP contribution is -2.44. The van der Waals surface area contributed by atoms with E-state index in [9.17, 15) is 0 Å². The third-order valence-electron chi connectivity index (χ3n) is 3.16. The van der Waals surface area contributed by atoms with E-state index in [2.05, 4.69) is 38.8 Å². The van der Waals surface area contributed by atoms with Crippen LogP contribution >= 0.6 is 0 Å². The summed E-state index contributed by atoms with van der Waals surface area (Å²) in [7, 11) is 0. The first kappa shape index (κ1) is 11.5. The third-order valence-corrected chi connectivity index (χ3v) is 3.16. The lowest BCUT2D eigenvalue weighted by Gasteiger charge is -2.32. The highest BCUT2D eigenvalue weighted by molar-refractivity contribution is 4.91. The fourth-order valence-electron chi connectivity index (χ4n) is 2.08. The minimum Gasteiger partial charge on any atom is -0.315 e. The molecule has 1 aromatic heterocycles. The van der Waals surface area contributed by atoms with Gasteiger partial charge in [-0.2, -0.15) is 0 Å². The zero-order valence-electron chi connectivity index (χ0n) is 10.2. The van der Waals surface area contributed by atoms with Gasteiger partial charge in [-0.05, 0) is 19.9 Å². The summed E-state index contributed by atoms with van der Waals surface area (Å²) in [4.78, 5) is 2.46. The zero-order valence-corrected chi connectivity index (χ0v) is 10.2. The predicted octanol–water partition coefficient (Wildman–Crippen LogP) is 0.482. The highest BCUT2D eigenvalue weighted by Gasteiger charge is 2.21. The Bertz CT molecular complexity index is 322. The minimum atomic E-state index is 0.567. The van der Waals surface area contributed by atoms with Crippen LogP contribution in [0, 0.1) is 0 Å². The smallest absolute Gasteiger partial charge is 0.147 e. The number of nitrogens with one attached hydrogen (secondary N) is 1. The first-order valence-corrected chi connectivity index (χ1v) is 6.12. The lowest BCUT2D eigenvalue weighted by atomic mass is 10.2. The first-order valence-electron chi connectivity index (χ1n) is 6.12. The Labute approximate surface area is 96.8 Å². The molecule has 0 fully saturated rings. The van der Waals surface area contributed by atoms with Crippen molar-refractivity contribution in [1.82, 2.24) is 25.0 Å². The number of fused-ring (bicyclic) bond motifs is 1. The van der Waals surface area contributed by atoms with Gasteiger partial charge in [0.2, 0.25) is 0 Å². The monoisotopic (exact) mass is 223 g/mol. The van der Waals surface area contributed by atoms with Crippen LogP contribution in [-0.4, -0.2) is 45.3 Å². The summed E-state index contributed by atoms with van der Waals surface area (Å²) in [6.07, 6.45) is 3.02. The van der Waals surface area contributed by atoms with Crippen molar-refractivity contribution in [2.45, 2.75) is 39.4 Å². The Hall–Kier alpha value is -0.940. The molecular weight excluding hydrogens is 202 g/mol. The molecule has 0 saturated carbocycles. The first-order chi connectivity index (χ1) is 7.81. The fraction of sp³-hybridized carbons (Fsp3) is 0.818. The van der Waals surface area contributed by atoms with Crippen LogP contribution in [0.3, 0.4) is 0 Å². The maximum Gasteiger partial charge on any atom is 0.147 e. The van der Waals surface area contributed by atoms with E-state index in [1.807, 2.05) is 6.33 Å². The van der Waals surface area contributed by atoms with Crippen LogP contribution in [0.4, 0.5) is 0 Å². The van der Waals surface area contributed by atoms with Crippen LogP contribution in [0.2, 0.25) is 0 Å². The second kappa shape index (κ2) is 5.41. The summed E-state index contributed by atoms with van der Waals surface area (Å²) >= 11 is 0. The van der Waals surface area contributed by atoms with Gasteiger partial charge < -0.3 is 9.88 Å². The average molecular weight is 223 g/mol. The van der Waals surface area contributed by atoms with Gasteiger partial charge in [0.05, 0.1) is 6.54 Å². The van der Waals surface area contributed by atoms with Crippen LogP contribution in [-0.2, 0) is 13.1 Å². The summed E-state index contributed by atoms with van der Waals surface area (Å²) in [5.74, 6) is 1.09. The van der Waals surface area contributed by atoms with Crippen LogP contribution < -0.4 is 5.32 Å². The molecule has 1 aliphatic rings. The van der Waals surface area contributed by atoms with Crippen molar-refractivity contribution in [2.75, 3.05) is 19.6 Å². The zero-order chi connectivity index (χ0) is 11.4. The normalized spacial score (nSPS) is 18.4. The number of hydrogen-bond donors (Lipinski definition) is 1. The van der Waals surface area contributed by atoms with Gasteiger partial charge in [-0.1, -0.05) is 6.92 Å². The lowest BCUT2D eigenvalue weighted by molar-refractivity contribution is 0.160. The van der Waals surface area contributed by atoms with Crippen molar-refractivity contribution in [2.24, 2.45) is 0 Å². The van der Waals surface area contributed by atoms with E-state index in [1.165, 1.54) is 6.42 Å². The topological polar surface area (TPSA) is 46.0 Å². The van der Waals surface area contributed by atoms with Crippen molar-refractivity contribution in [1.29, 1.82) is 0 Å². The van der Waals surface area contributed by atoms with Gasteiger partial charge in [-0.15, -0.1) is 10.2 Å². The molecule has 1 atom stereocenters. The van der Waals surface area contributed by atoms with Crippen molar-refractivity contribution >= 4 is 0 Å². The van der Waals surface area contributed by atoms with E-state index >= 15 is 0 Å². The van der Waals surface area contributed by atoms with Gasteiger partial charge >= 0.3 is 0 Å². The average Bonchev–Trinajstić information content (AvgIpc) is 2.76. The molecule has 90 valence electrons. The number of nitrogens with zero attached hydrogens (tertiary/aromatic N) is 4. The van der Waals surface area contributed by atoms with Gasteiger partial charge in [-0.3, -0.25) is 4.90 Å². The van der Waals surface area contributed by atoms with Crippen molar-refractivity contribution < 1.29 is 0 Å². The summed E-state index contributed by atoms with van der Waals surface area (Å²) in [6, 6.07) is 0.567. The van der Waals surface area contributed by atoms with Gasteiger partial charge in [0.15, 0.2) is 0 Å². The molecular formula is C11H21N5. The van der Waals surface area contributed by atoms with E-state index in [1.54, 1.807) is 0 Å². The predicted molar refractivity (Wildman–Crippen MR) is 63.1 cm³/mol. The fourth-order valence-corrected chi connectivity index (χ4v) is 2.08. The molecule has 5 heteroatoms. The Balaban J connectivity index is 1.83. The Kier molecular flexibility index (Phi) is 3.90. The summed E-state index contributed by atoms with van der Waals surface area (Å²) in [5.41, 5.74) is 0. The molecule has 0 aliphatic carbocycles. The van der Waals surface area contributed by atoms with E-state index < -0.39 is 0 Å². The minimum absolute atomic E-state index is 0.567. The van der Waals surface area contributed by atoms with Gasteiger partial charge in [0.25, 0.3) is 0 Å². The Morgan fingerprint density at radius 1 is 1.50 bits per heavy atom. The molecule has 0 radical (unpaired) electrons. The quantitative estimate of drug-likeness (QED) is 0.738. The number of hydrogen-bond acceptors (Lipinski definition) is 4. The SMILES string of the molecule is CCCNCC(C)N1CCn2cnnc2C1. The standard InChI is InChI=1S/C11H21N5/c1-3-4-12-7-10(2)15-5-6-16-9-13-14-11(16)8-15/h9-10,12H,3-8H2,1-2H3. The van der Waals surface area contributed by atoms with E-state index in [0.29, 0.717) is 6.04 Å². The maximum atomic E-state index is 4.14. The van der Waals surface area contributed by atoms with Crippen LogP contribution in [0.5, 0.6) is 0 Å². The molecule has 0 bridgehead atoms. The summed E-state index contributed by atoms with van der Waals surface area (Å²) < 4.78 is 2.14. The van der Waals surface area contributed by atoms with Crippen molar-refractivity contribution in [3.05, 3.63) is 12.2 Å². The molecule has 2 heterocycles. The molecule has 1 N–H and O–H groups in total. The van der Waals surface area contributed by atoms with Crippen molar-refractivity contribution in [3.63, 3.8) is 0 Å². The van der Waals surface area contributed by atoms with Crippen molar-refractivity contribution in [3.8, 4) is 0 Å². The van der Waals surface area contributed by atoms with Gasteiger partial charge in [0, 0.05) is 25.7 Å². The Morgan fingerprint density at radius 3 is 3.19 bits per heavy atom. The number of rotatable bonds is 5. The highest BCUT2D eigenvalue weighted by atomic mass is 15.3. The molecule has 2 rings (SSSR count). The summed E-state index contributed by atoms with van der Waals surface area (Å²) in [6.45, 7) is 9.67. The van der Waals surface area contributed by atoms with E-state index in [4.69, 9.17) is 0 Å². The van der Waals surface area contributed by atoms with Crippen LogP contribution in [0.15, 0.2) is 6.33 Å². The van der Waals surface area contributed by atoms with Gasteiger partial charge in [0.1, 0.15) is 12.2 Å². The van der Waals surface area contributed by atoms with Crippen LogP contribution in [0.25, 0.3) is 0 Å². The highest BCUT2D eigenvalue weighted by Crippen LogP contribution is 2.11. The molecule has 0 aromatic carbocycles. The van der Waals surface area contributed by atoms with E-state index in [-0.39, 0.29) is 0 Å². The molecule has 0 amide bonds. The second-order valence-electron chi connectivity index (χ2n) is 4.46. The largest absolute Gasteiger partial charge is 0.315 e. The number of aromatic nitrogens is 3. The maximum absolute atomic E-state index is 4.14. The molecule has 1 aliphatic heterocycles. The third kappa shape index (κ3) is 2.59. The Morgan fingerprint density at radius 2 is 2.38 bits per heavy atom. The van der Waals surface area contributed by atoms with Crippen LogP contribution in [0.1, 0.15) is 26.1 Å². The molecule has 0 saturated heterocycles. The summed E-state index contributed by atoms with van der Waals surface area (Å²) in [5, 5.41) is 11.5. The molecule has 1 unspecified atom stereocenters. The molecule has 0 spiro atoms. The molecule has 16 heavy (non-hydrogen) atoms. The molecule has 5 nitrogen and oxygen atoms in total. The molecule has 1 aromatic rings. The van der Waals surface area contributed by atoms with E-state index in [0.717, 1.165) is 38.5 Å². The van der Waals surface area contributed by atoms with Gasteiger partial charge in [-0.25, -0.2) is 0 Å². The second-order valence-corrected chi connectivity index (χ2v) is 4.46.